The molecule has 0 radical (unpaired) electrons. The molecule has 6 rings (SSSR count). The van der Waals surface area contributed by atoms with E-state index in [-0.39, 0.29) is 97.8 Å². The molecule has 0 aromatic heterocycles. The van der Waals surface area contributed by atoms with Gasteiger partial charge in [-0.05, 0) is 123 Å². The average molecular weight is 1080 g/mol. The highest BCUT2D eigenvalue weighted by Crippen LogP contribution is 2.48. The lowest BCUT2D eigenvalue weighted by Crippen LogP contribution is -2.46. The summed E-state index contributed by atoms with van der Waals surface area (Å²) < 4.78 is 251. The van der Waals surface area contributed by atoms with Gasteiger partial charge in [0.1, 0.15) is 0 Å². The first-order valence-electron chi connectivity index (χ1n) is 22.0. The fourth-order valence-electron chi connectivity index (χ4n) is 8.53. The minimum Gasteiger partial charge on any atom is -0.449 e. The van der Waals surface area contributed by atoms with Crippen LogP contribution in [0.4, 0.5) is 100.0 Å². The molecule has 74 heavy (non-hydrogen) atoms. The Labute approximate surface area is 408 Å². The molecular weight excluding hydrogens is 1040 g/mol. The number of hydrogen-bond donors (Lipinski definition) is 0. The van der Waals surface area contributed by atoms with E-state index in [9.17, 15) is 98.2 Å². The minimum atomic E-state index is -5.23. The van der Waals surface area contributed by atoms with Gasteiger partial charge in [-0.2, -0.15) is 79.0 Å². The molecule has 26 heteroatoms. The first-order chi connectivity index (χ1) is 34.0. The number of ketones is 2. The van der Waals surface area contributed by atoms with Crippen molar-refractivity contribution in [1.29, 1.82) is 0 Å². The van der Waals surface area contributed by atoms with E-state index in [1.165, 1.54) is 13.8 Å². The second kappa shape index (κ2) is 21.4. The fourth-order valence-corrected chi connectivity index (χ4v) is 8.53. The van der Waals surface area contributed by atoms with Crippen LogP contribution < -0.4 is 9.80 Å². The molecule has 0 aliphatic carbocycles. The fraction of sp³-hybridized carbons (Fsp3) is 0.417. The van der Waals surface area contributed by atoms with Gasteiger partial charge in [0.15, 0.2) is 11.6 Å². The normalized spacial score (nSPS) is 18.4. The molecule has 2 aliphatic heterocycles. The first-order valence-corrected chi connectivity index (χ1v) is 22.0. The highest BCUT2D eigenvalue weighted by atomic mass is 19.4. The zero-order valence-corrected chi connectivity index (χ0v) is 38.6. The molecule has 8 nitrogen and oxygen atoms in total. The maximum absolute atomic E-state index is 13.5. The zero-order chi connectivity index (χ0) is 55.8. The van der Waals surface area contributed by atoms with Crippen molar-refractivity contribution in [3.8, 4) is 0 Å². The lowest BCUT2D eigenvalue weighted by Gasteiger charge is -2.39. The van der Waals surface area contributed by atoms with E-state index in [1.54, 1.807) is 13.8 Å². The van der Waals surface area contributed by atoms with Crippen LogP contribution in [0.3, 0.4) is 0 Å². The largest absolute Gasteiger partial charge is 0.449 e. The summed E-state index contributed by atoms with van der Waals surface area (Å²) >= 11 is 0. The molecule has 4 atom stereocenters. The van der Waals surface area contributed by atoms with Crippen molar-refractivity contribution in [2.24, 2.45) is 0 Å². The van der Waals surface area contributed by atoms with Crippen molar-refractivity contribution in [1.82, 2.24) is 0 Å². The number of Topliss-reactive ketones (excluding diaryl/α,β-unsaturated/α-hetero) is 2. The van der Waals surface area contributed by atoms with Gasteiger partial charge in [-0.15, -0.1) is 0 Å². The Morgan fingerprint density at radius 2 is 0.689 bits per heavy atom. The van der Waals surface area contributed by atoms with E-state index in [2.05, 4.69) is 0 Å². The maximum Gasteiger partial charge on any atom is 0.416 e. The molecule has 4 aromatic rings. The molecular formula is C48H40F18N2O6. The third-order valence-electron chi connectivity index (χ3n) is 12.0. The van der Waals surface area contributed by atoms with E-state index in [1.807, 2.05) is 0 Å². The van der Waals surface area contributed by atoms with E-state index < -0.39 is 129 Å². The van der Waals surface area contributed by atoms with E-state index in [0.29, 0.717) is 24.3 Å². The quantitative estimate of drug-likeness (QED) is 0.129. The molecule has 0 saturated carbocycles. The number of carbonyl (C=O) groups is 4. The van der Waals surface area contributed by atoms with Gasteiger partial charge in [-0.1, -0.05) is 13.8 Å². The van der Waals surface area contributed by atoms with Crippen molar-refractivity contribution in [2.45, 2.75) is 114 Å². The summed E-state index contributed by atoms with van der Waals surface area (Å²) in [5.41, 5.74) is -12.3. The van der Waals surface area contributed by atoms with Crippen LogP contribution in [0.25, 0.3) is 0 Å². The minimum absolute atomic E-state index is 0.0749. The molecule has 2 aliphatic rings. The van der Waals surface area contributed by atoms with Crippen molar-refractivity contribution in [3.05, 3.63) is 128 Å². The van der Waals surface area contributed by atoms with Crippen molar-refractivity contribution >= 4 is 35.1 Å². The predicted molar refractivity (Wildman–Crippen MR) is 226 cm³/mol. The average Bonchev–Trinajstić information content (AvgIpc) is 3.30. The smallest absolute Gasteiger partial charge is 0.416 e. The van der Waals surface area contributed by atoms with Crippen LogP contribution in [-0.2, 0) is 46.5 Å². The second-order valence-corrected chi connectivity index (χ2v) is 16.7. The van der Waals surface area contributed by atoms with Crippen LogP contribution in [0.15, 0.2) is 72.8 Å². The summed E-state index contributed by atoms with van der Waals surface area (Å²) in [4.78, 5) is 54.1. The van der Waals surface area contributed by atoms with Crippen LogP contribution in [0.1, 0.15) is 130 Å². The summed E-state index contributed by atoms with van der Waals surface area (Å²) in [5.74, 6) is -5.59. The molecule has 0 spiro atoms. The number of carbonyl (C=O) groups excluding carboxylic acids is 4. The van der Waals surface area contributed by atoms with Crippen molar-refractivity contribution < 1.29 is 108 Å². The van der Waals surface area contributed by atoms with Gasteiger partial charge < -0.3 is 9.47 Å². The highest BCUT2D eigenvalue weighted by molar-refractivity contribution is 6.05. The molecule has 2 heterocycles. The molecule has 0 bridgehead atoms. The van der Waals surface area contributed by atoms with Crippen LogP contribution >= 0.6 is 0 Å². The molecule has 0 fully saturated rings. The number of alkyl halides is 18. The highest BCUT2D eigenvalue weighted by Gasteiger charge is 2.46. The third kappa shape index (κ3) is 12.9. The van der Waals surface area contributed by atoms with E-state index in [0.717, 1.165) is 21.9 Å². The second-order valence-electron chi connectivity index (χ2n) is 16.7. The Morgan fingerprint density at radius 1 is 0.419 bits per heavy atom. The Balaban J connectivity index is 0.000000274. The van der Waals surface area contributed by atoms with Gasteiger partial charge in [-0.25, -0.2) is 9.59 Å². The van der Waals surface area contributed by atoms with Gasteiger partial charge in [0, 0.05) is 23.2 Å². The van der Waals surface area contributed by atoms with E-state index in [4.69, 9.17) is 9.47 Å². The Kier molecular flexibility index (Phi) is 16.9. The van der Waals surface area contributed by atoms with Crippen LogP contribution in [0, 0.1) is 0 Å². The molecule has 0 unspecified atom stereocenters. The van der Waals surface area contributed by atoms with Crippen LogP contribution in [0.5, 0.6) is 0 Å². The van der Waals surface area contributed by atoms with E-state index >= 15 is 0 Å². The zero-order valence-electron chi connectivity index (χ0n) is 38.6. The van der Waals surface area contributed by atoms with Gasteiger partial charge in [0.25, 0.3) is 0 Å². The number of benzene rings is 4. The van der Waals surface area contributed by atoms with Gasteiger partial charge in [0.2, 0.25) is 0 Å². The van der Waals surface area contributed by atoms with Crippen LogP contribution in [-0.4, -0.2) is 49.1 Å². The summed E-state index contributed by atoms with van der Waals surface area (Å²) in [7, 11) is 0. The van der Waals surface area contributed by atoms with Gasteiger partial charge in [0.05, 0.1) is 69.8 Å². The Bertz CT molecular complexity index is 2490. The number of ether oxygens (including phenoxy) is 2. The summed E-state index contributed by atoms with van der Waals surface area (Å²) in [6.45, 7) is 6.03. The number of hydrogen-bond acceptors (Lipinski definition) is 6. The maximum atomic E-state index is 13.5. The number of halogens is 18. The predicted octanol–water partition coefficient (Wildman–Crippen LogP) is 15.7. The first kappa shape index (κ1) is 58.4. The van der Waals surface area contributed by atoms with Crippen molar-refractivity contribution in [3.63, 3.8) is 0 Å². The SMILES string of the molecule is CCOC(=O)N1c2ccc(C(F)(F)F)cc2[C@@H](C(=O)c2cc(C(F)(F)F)cc(C(F)(F)F)c2)C[C@@H]1CC.CCOC(=O)N1c2ccc(C(F)(F)F)cc2[C@H](C(=O)c2cc(C(F)(F)F)cc(C(F)(F)F)c2)C[C@@H]1CC. The number of anilines is 2. The summed E-state index contributed by atoms with van der Waals surface area (Å²) in [6, 6.07) is 3.36. The summed E-state index contributed by atoms with van der Waals surface area (Å²) in [6.07, 6.45) is -32.8. The third-order valence-corrected chi connectivity index (χ3v) is 12.0. The monoisotopic (exact) mass is 1080 g/mol. The number of amides is 2. The molecule has 404 valence electrons. The number of fused-ring (bicyclic) bond motifs is 2. The number of nitrogens with zero attached hydrogens (tertiary/aromatic N) is 2. The number of rotatable bonds is 8. The molecule has 4 aromatic carbocycles. The Hall–Kier alpha value is -6.50. The Morgan fingerprint density at radius 3 is 0.919 bits per heavy atom. The standard InChI is InChI=1S/2C24H20F9NO3/c2*1-3-16-11-18(20(35)12-7-14(23(28,29)30)9-15(8-12)24(31,32)33)17-10-13(22(25,26)27)5-6-19(17)34(16)21(36)37-4-2/h2*5-10,16,18H,3-4,11H2,1-2H3/t16-,18+;16-,18-/m00/s1. The lowest BCUT2D eigenvalue weighted by atomic mass is 9.79. The lowest BCUT2D eigenvalue weighted by molar-refractivity contribution is -0.144. The molecule has 2 amide bonds. The summed E-state index contributed by atoms with van der Waals surface area (Å²) in [5, 5.41) is 0. The van der Waals surface area contributed by atoms with Crippen LogP contribution in [0.2, 0.25) is 0 Å². The van der Waals surface area contributed by atoms with Gasteiger partial charge >= 0.3 is 49.2 Å². The topological polar surface area (TPSA) is 93.2 Å². The van der Waals surface area contributed by atoms with Gasteiger partial charge in [-0.3, -0.25) is 19.4 Å². The van der Waals surface area contributed by atoms with Crippen molar-refractivity contribution in [2.75, 3.05) is 23.0 Å². The molecule has 0 saturated heterocycles. The molecule has 0 N–H and O–H groups in total.